The third kappa shape index (κ3) is 4.35. The van der Waals surface area contributed by atoms with Crippen molar-refractivity contribution in [2.24, 2.45) is 0 Å². The van der Waals surface area contributed by atoms with E-state index in [1.807, 2.05) is 42.5 Å². The lowest BCUT2D eigenvalue weighted by molar-refractivity contribution is -0.384. The number of fused-ring (bicyclic) bond motifs is 2. The fourth-order valence-electron chi connectivity index (χ4n) is 3.46. The van der Waals surface area contributed by atoms with E-state index < -0.39 is 4.92 Å². The number of anilines is 1. The molecule has 1 N–H and O–H groups in total. The molecule has 0 saturated carbocycles. The third-order valence-electron chi connectivity index (χ3n) is 5.09. The molecule has 0 spiro atoms. The number of aromatic nitrogens is 1. The first-order valence-electron chi connectivity index (χ1n) is 10.1. The maximum Gasteiger partial charge on any atom is 0.269 e. The van der Waals surface area contributed by atoms with Gasteiger partial charge < -0.3 is 14.5 Å². The predicted octanol–water partition coefficient (Wildman–Crippen LogP) is 5.57. The molecule has 5 rings (SSSR count). The van der Waals surface area contributed by atoms with Crippen molar-refractivity contribution in [3.05, 3.63) is 95.0 Å². The Kier molecular flexibility index (Phi) is 5.16. The number of carbonyl (C=O) groups is 1. The molecule has 4 aromatic carbocycles. The van der Waals surface area contributed by atoms with E-state index in [1.165, 1.54) is 24.3 Å². The Hall–Kier alpha value is -4.72. The highest BCUT2D eigenvalue weighted by Gasteiger charge is 2.11. The van der Waals surface area contributed by atoms with Gasteiger partial charge in [0.2, 0.25) is 5.89 Å². The number of amides is 1. The van der Waals surface area contributed by atoms with Crippen LogP contribution >= 0.6 is 0 Å². The van der Waals surface area contributed by atoms with Gasteiger partial charge in [0.25, 0.3) is 11.6 Å². The summed E-state index contributed by atoms with van der Waals surface area (Å²) in [5, 5.41) is 15.7. The van der Waals surface area contributed by atoms with Gasteiger partial charge in [-0.2, -0.15) is 0 Å². The lowest BCUT2D eigenvalue weighted by Crippen LogP contribution is -2.20. The molecular formula is C25H17N3O5. The summed E-state index contributed by atoms with van der Waals surface area (Å²) < 4.78 is 11.3. The van der Waals surface area contributed by atoms with E-state index in [2.05, 4.69) is 10.3 Å². The average Bonchev–Trinajstić information content (AvgIpc) is 3.26. The van der Waals surface area contributed by atoms with Crippen LogP contribution in [0.2, 0.25) is 0 Å². The lowest BCUT2D eigenvalue weighted by atomic mass is 10.1. The number of nitrogens with one attached hydrogen (secondary N) is 1. The molecule has 0 bridgehead atoms. The third-order valence-corrected chi connectivity index (χ3v) is 5.09. The van der Waals surface area contributed by atoms with Crippen molar-refractivity contribution in [2.45, 2.75) is 0 Å². The molecule has 0 atom stereocenters. The van der Waals surface area contributed by atoms with Gasteiger partial charge in [0.1, 0.15) is 11.3 Å². The van der Waals surface area contributed by atoms with Crippen molar-refractivity contribution >= 4 is 39.2 Å². The quantitative estimate of drug-likeness (QED) is 0.274. The first kappa shape index (κ1) is 20.2. The molecule has 8 heteroatoms. The minimum Gasteiger partial charge on any atom is -0.484 e. The number of benzene rings is 4. The molecule has 8 nitrogen and oxygen atoms in total. The summed E-state index contributed by atoms with van der Waals surface area (Å²) >= 11 is 0. The van der Waals surface area contributed by atoms with Crippen LogP contribution in [0, 0.1) is 10.1 Å². The van der Waals surface area contributed by atoms with Crippen molar-refractivity contribution in [1.29, 1.82) is 0 Å². The Morgan fingerprint density at radius 3 is 2.55 bits per heavy atom. The summed E-state index contributed by atoms with van der Waals surface area (Å²) in [6.07, 6.45) is 0. The number of nitrogens with zero attached hydrogens (tertiary/aromatic N) is 2. The van der Waals surface area contributed by atoms with Gasteiger partial charge in [0.05, 0.1) is 4.92 Å². The molecule has 0 unspecified atom stereocenters. The van der Waals surface area contributed by atoms with Crippen LogP contribution < -0.4 is 10.1 Å². The first-order valence-corrected chi connectivity index (χ1v) is 10.1. The summed E-state index contributed by atoms with van der Waals surface area (Å²) in [5.41, 5.74) is 2.60. The average molecular weight is 439 g/mol. The maximum absolute atomic E-state index is 12.3. The molecule has 33 heavy (non-hydrogen) atoms. The lowest BCUT2D eigenvalue weighted by Gasteiger charge is -2.07. The van der Waals surface area contributed by atoms with Gasteiger partial charge in [-0.05, 0) is 53.2 Å². The molecule has 0 saturated heterocycles. The molecule has 162 valence electrons. The van der Waals surface area contributed by atoms with E-state index in [0.29, 0.717) is 28.4 Å². The Labute approximate surface area is 187 Å². The largest absolute Gasteiger partial charge is 0.484 e. The maximum atomic E-state index is 12.3. The summed E-state index contributed by atoms with van der Waals surface area (Å²) in [6, 6.07) is 24.8. The molecule has 1 heterocycles. The van der Waals surface area contributed by atoms with Crippen LogP contribution in [-0.2, 0) is 4.79 Å². The zero-order valence-electron chi connectivity index (χ0n) is 17.2. The second kappa shape index (κ2) is 8.43. The van der Waals surface area contributed by atoms with Gasteiger partial charge in [0, 0.05) is 23.4 Å². The molecule has 0 aliphatic rings. The zero-order valence-corrected chi connectivity index (χ0v) is 17.2. The molecule has 0 radical (unpaired) electrons. The highest BCUT2D eigenvalue weighted by Crippen LogP contribution is 2.28. The van der Waals surface area contributed by atoms with E-state index >= 15 is 0 Å². The van der Waals surface area contributed by atoms with E-state index in [4.69, 9.17) is 9.15 Å². The molecule has 1 amide bonds. The highest BCUT2D eigenvalue weighted by molar-refractivity contribution is 5.94. The SMILES string of the molecule is O=C(COc1ccc([N+](=O)[O-])cc1)Nc1ccc2oc(-c3ccc4ccccc4c3)nc2c1. The van der Waals surface area contributed by atoms with E-state index in [9.17, 15) is 14.9 Å². The number of carbonyl (C=O) groups excluding carboxylic acids is 1. The molecule has 5 aromatic rings. The van der Waals surface area contributed by atoms with Gasteiger partial charge in [-0.25, -0.2) is 4.98 Å². The second-order valence-electron chi connectivity index (χ2n) is 7.35. The standard InChI is InChI=1S/C25H17N3O5/c29-24(15-32-21-10-8-20(9-11-21)28(30)31)26-19-7-12-23-22(14-19)27-25(33-23)18-6-5-16-3-1-2-4-17(16)13-18/h1-14H,15H2,(H,26,29). The van der Waals surface area contributed by atoms with Crippen molar-refractivity contribution in [3.8, 4) is 17.2 Å². The zero-order chi connectivity index (χ0) is 22.8. The van der Waals surface area contributed by atoms with Crippen molar-refractivity contribution in [3.63, 3.8) is 0 Å². The minimum absolute atomic E-state index is 0.0456. The number of oxazole rings is 1. The molecular weight excluding hydrogens is 422 g/mol. The Morgan fingerprint density at radius 1 is 0.970 bits per heavy atom. The molecule has 0 aliphatic heterocycles. The van der Waals surface area contributed by atoms with Gasteiger partial charge in [-0.15, -0.1) is 0 Å². The van der Waals surface area contributed by atoms with E-state index in [-0.39, 0.29) is 18.2 Å². The first-order chi connectivity index (χ1) is 16.0. The van der Waals surface area contributed by atoms with Crippen LogP contribution in [0.1, 0.15) is 0 Å². The van der Waals surface area contributed by atoms with Gasteiger partial charge in [-0.1, -0.05) is 30.3 Å². The van der Waals surface area contributed by atoms with Crippen molar-refractivity contribution < 1.29 is 18.9 Å². The Bertz CT molecular complexity index is 1490. The monoisotopic (exact) mass is 439 g/mol. The summed E-state index contributed by atoms with van der Waals surface area (Å²) in [6.45, 7) is -0.239. The van der Waals surface area contributed by atoms with E-state index in [0.717, 1.165) is 16.3 Å². The molecule has 0 fully saturated rings. The predicted molar refractivity (Wildman–Crippen MR) is 124 cm³/mol. The Balaban J connectivity index is 1.28. The van der Waals surface area contributed by atoms with Crippen LogP contribution in [0.5, 0.6) is 5.75 Å². The fourth-order valence-corrected chi connectivity index (χ4v) is 3.46. The van der Waals surface area contributed by atoms with Crippen LogP contribution in [0.3, 0.4) is 0 Å². The minimum atomic E-state index is -0.498. The van der Waals surface area contributed by atoms with Crippen molar-refractivity contribution in [2.75, 3.05) is 11.9 Å². The summed E-state index contributed by atoms with van der Waals surface area (Å²) in [4.78, 5) is 27.0. The fraction of sp³-hybridized carbons (Fsp3) is 0.0400. The summed E-state index contributed by atoms with van der Waals surface area (Å²) in [7, 11) is 0. The smallest absolute Gasteiger partial charge is 0.269 e. The van der Waals surface area contributed by atoms with Gasteiger partial charge in [0.15, 0.2) is 12.2 Å². The number of nitro groups is 1. The number of rotatable bonds is 6. The number of hydrogen-bond donors (Lipinski definition) is 1. The molecule has 1 aromatic heterocycles. The van der Waals surface area contributed by atoms with Gasteiger partial charge in [-0.3, -0.25) is 14.9 Å². The number of non-ortho nitro benzene ring substituents is 1. The van der Waals surface area contributed by atoms with Crippen LogP contribution in [0.25, 0.3) is 33.3 Å². The van der Waals surface area contributed by atoms with Gasteiger partial charge >= 0.3 is 0 Å². The van der Waals surface area contributed by atoms with Crippen LogP contribution in [0.15, 0.2) is 89.3 Å². The topological polar surface area (TPSA) is 108 Å². The second-order valence-corrected chi connectivity index (χ2v) is 7.35. The number of nitro benzene ring substituents is 1. The molecule has 0 aliphatic carbocycles. The number of ether oxygens (including phenoxy) is 1. The highest BCUT2D eigenvalue weighted by atomic mass is 16.6. The van der Waals surface area contributed by atoms with E-state index in [1.54, 1.807) is 18.2 Å². The Morgan fingerprint density at radius 2 is 1.76 bits per heavy atom. The van der Waals surface area contributed by atoms with Crippen molar-refractivity contribution in [1.82, 2.24) is 4.98 Å². The van der Waals surface area contributed by atoms with Crippen LogP contribution in [0.4, 0.5) is 11.4 Å². The summed E-state index contributed by atoms with van der Waals surface area (Å²) in [5.74, 6) is 0.495. The van der Waals surface area contributed by atoms with Crippen LogP contribution in [-0.4, -0.2) is 22.4 Å². The normalized spacial score (nSPS) is 10.9. The number of hydrogen-bond acceptors (Lipinski definition) is 6.